The smallest absolute Gasteiger partial charge is 0.423 e. The van der Waals surface area contributed by atoms with Gasteiger partial charge in [-0.15, -0.1) is 13.2 Å². The quantitative estimate of drug-likeness (QED) is 0.0133. The number of hydrogen-bond donors (Lipinski definition) is 0. The highest BCUT2D eigenvalue weighted by molar-refractivity contribution is 8.01. The van der Waals surface area contributed by atoms with E-state index in [1.807, 2.05) is 34.1 Å². The minimum atomic E-state index is -3.94. The third-order valence-electron chi connectivity index (χ3n) is 18.9. The zero-order chi connectivity index (χ0) is 70.2. The minimum absolute atomic E-state index is 0.0694. The first-order valence-electron chi connectivity index (χ1n) is 35.2. The molecule has 0 aromatic heterocycles. The number of esters is 4. The molecule has 0 amide bonds. The van der Waals surface area contributed by atoms with E-state index in [-0.39, 0.29) is 44.7 Å². The molecule has 98 heavy (non-hydrogen) atoms. The van der Waals surface area contributed by atoms with Gasteiger partial charge in [-0.25, -0.2) is 35.0 Å². The van der Waals surface area contributed by atoms with Crippen LogP contribution in [0.4, 0.5) is 22.7 Å². The molecule has 8 rings (SSSR count). The highest BCUT2D eigenvalue weighted by atomic mass is 32.2. The largest absolute Gasteiger partial charge is 0.493 e. The summed E-state index contributed by atoms with van der Waals surface area (Å²) in [7, 11) is 0.920. The number of hydrogen-bond acceptors (Lipinski definition) is 20. The van der Waals surface area contributed by atoms with Crippen molar-refractivity contribution in [1.82, 2.24) is 18.4 Å². The van der Waals surface area contributed by atoms with Crippen LogP contribution in [0, 0.1) is 11.8 Å². The van der Waals surface area contributed by atoms with E-state index in [4.69, 9.17) is 28.4 Å². The van der Waals surface area contributed by atoms with Crippen molar-refractivity contribution in [2.75, 3.05) is 118 Å². The van der Waals surface area contributed by atoms with Crippen molar-refractivity contribution in [1.29, 1.82) is 0 Å². The average Bonchev–Trinajstić information content (AvgIpc) is 0.745. The summed E-state index contributed by atoms with van der Waals surface area (Å²) in [5, 5.41) is 0. The Labute approximate surface area is 591 Å². The zero-order valence-corrected chi connectivity index (χ0v) is 61.8. The van der Waals surface area contributed by atoms with Gasteiger partial charge in [0.1, 0.15) is 11.4 Å². The molecule has 2 fully saturated rings. The highest BCUT2D eigenvalue weighted by Crippen LogP contribution is 2.58. The molecule has 0 radical (unpaired) electrons. The number of unbranched alkanes of at least 4 members (excludes halogenated alkanes) is 12. The molecule has 24 heteroatoms. The molecule has 0 bridgehead atoms. The molecule has 0 unspecified atom stereocenters. The van der Waals surface area contributed by atoms with Crippen LogP contribution in [0.15, 0.2) is 115 Å². The van der Waals surface area contributed by atoms with Crippen molar-refractivity contribution in [2.24, 2.45) is 11.8 Å². The normalized spacial score (nSPS) is 15.3. The Bertz CT molecular complexity index is 3340. The van der Waals surface area contributed by atoms with Gasteiger partial charge in [-0.3, -0.25) is 9.59 Å². The van der Waals surface area contributed by atoms with E-state index >= 15 is 0 Å². The topological polar surface area (TPSA) is 211 Å². The first-order valence-corrected chi connectivity index (χ1v) is 39.7. The third kappa shape index (κ3) is 21.0. The van der Waals surface area contributed by atoms with E-state index in [1.54, 1.807) is 48.5 Å². The highest BCUT2D eigenvalue weighted by Gasteiger charge is 2.39. The lowest BCUT2D eigenvalue weighted by atomic mass is 9.94. The molecule has 4 heterocycles. The molecular weight excluding hydrogens is 1330 g/mol. The second-order valence-corrected chi connectivity index (χ2v) is 32.5. The van der Waals surface area contributed by atoms with Crippen molar-refractivity contribution < 1.29 is 64.4 Å². The Morgan fingerprint density at radius 1 is 0.500 bits per heavy atom. The van der Waals surface area contributed by atoms with Gasteiger partial charge in [-0.2, -0.15) is 0 Å². The lowest BCUT2D eigenvalue weighted by molar-refractivity contribution is -0.156. The number of allylic oxidation sites excluding steroid dienone is 2. The number of piperidine rings is 2. The number of nitrogens with zero attached hydrogens (tertiary/aromatic N) is 6. The lowest BCUT2D eigenvalue weighted by Crippen LogP contribution is -2.36. The summed E-state index contributed by atoms with van der Waals surface area (Å²) >= 11 is 2.42. The molecule has 4 aliphatic rings. The SMILES string of the molecule is C=CCCCCCCCCC(=O)OCCC1CCN(CCCN2c3cccc(S(=O)(=O)N(C)C)c3Sc3ccc(OC)c(OC(=O)C(=O)Oc4c(OC)ccc5c4N(CCCN4CCC(CCOC(=O)CCCCCCCCC=C)CC4)c4cccc(S(=O)(=O)N(C)C)c4S5)c32)CC1. The van der Waals surface area contributed by atoms with Gasteiger partial charge in [0, 0.05) is 63.9 Å². The maximum atomic E-state index is 14.7. The average molecular weight is 1430 g/mol. The number of carbonyl (C=O) groups is 4. The van der Waals surface area contributed by atoms with Crippen LogP contribution in [0.3, 0.4) is 0 Å². The van der Waals surface area contributed by atoms with Gasteiger partial charge in [0.05, 0.1) is 58.4 Å². The van der Waals surface area contributed by atoms with E-state index < -0.39 is 32.0 Å². The monoisotopic (exact) mass is 1430 g/mol. The number of likely N-dealkylation sites (tertiary alicyclic amines) is 2. The van der Waals surface area contributed by atoms with Crippen LogP contribution in [0.1, 0.15) is 154 Å². The van der Waals surface area contributed by atoms with Crippen LogP contribution in [0.25, 0.3) is 0 Å². The van der Waals surface area contributed by atoms with Crippen molar-refractivity contribution in [3.63, 3.8) is 0 Å². The first-order chi connectivity index (χ1) is 47.3. The minimum Gasteiger partial charge on any atom is -0.493 e. The van der Waals surface area contributed by atoms with Crippen LogP contribution in [0.2, 0.25) is 0 Å². The molecule has 0 saturated carbocycles. The predicted molar refractivity (Wildman–Crippen MR) is 387 cm³/mol. The van der Waals surface area contributed by atoms with Crippen LogP contribution in [0.5, 0.6) is 23.0 Å². The molecule has 0 N–H and O–H groups in total. The zero-order valence-electron chi connectivity index (χ0n) is 58.6. The van der Waals surface area contributed by atoms with Gasteiger partial charge in [0.2, 0.25) is 20.0 Å². The Balaban J connectivity index is 0.952. The molecule has 4 aromatic carbocycles. The number of rotatable bonds is 40. The molecule has 0 aliphatic carbocycles. The molecule has 2 saturated heterocycles. The second kappa shape index (κ2) is 38.6. The van der Waals surface area contributed by atoms with E-state index in [1.165, 1.54) is 113 Å². The van der Waals surface area contributed by atoms with Gasteiger partial charge >= 0.3 is 23.9 Å². The summed E-state index contributed by atoms with van der Waals surface area (Å²) in [6.45, 7) is 14.0. The van der Waals surface area contributed by atoms with Crippen molar-refractivity contribution >= 4 is 90.2 Å². The third-order valence-corrected chi connectivity index (χ3v) is 25.2. The number of anilines is 4. The van der Waals surface area contributed by atoms with Crippen LogP contribution in [-0.2, 0) is 48.7 Å². The molecule has 4 aromatic rings. The summed E-state index contributed by atoms with van der Waals surface area (Å²) < 4.78 is 93.8. The van der Waals surface area contributed by atoms with Gasteiger partial charge in [-0.05, 0) is 190 Å². The molecule has 0 atom stereocenters. The number of sulfonamides is 2. The summed E-state index contributed by atoms with van der Waals surface area (Å²) in [4.78, 5) is 65.4. The number of ether oxygens (including phenoxy) is 6. The maximum Gasteiger partial charge on any atom is 0.423 e. The first kappa shape index (κ1) is 77.6. The van der Waals surface area contributed by atoms with Gasteiger partial charge in [0.15, 0.2) is 23.0 Å². The Kier molecular flexibility index (Phi) is 30.6. The standard InChI is InChI=1S/C74H104N6O14S4/c1-9-11-13-15-17-19-21-23-33-65(81)91-53-43-55-39-49-77(50-40-55)45-27-47-79-57-29-25-31-63(97(85,86)75(3)4)71(57)95-61-37-35-59(89-7)69(67(61)79)93-73(83)74(84)94-70-60(90-8)36-38-62-68(70)80(58-30-26-32-64(72(58)96-62)98(87,88)76(5)6)48-28-46-78-51-41-56(42-52-78)44-54-92-66(82)34-24-22-20-18-16-14-12-10-2/h9-10,25-26,29-32,35-38,55-56H,1-2,11-24,27-28,33-34,39-54H2,3-8H3. The summed E-state index contributed by atoms with van der Waals surface area (Å²) in [5.41, 5.74) is 1.93. The van der Waals surface area contributed by atoms with E-state index in [0.717, 1.165) is 116 Å². The van der Waals surface area contributed by atoms with Crippen molar-refractivity contribution in [3.8, 4) is 23.0 Å². The summed E-state index contributed by atoms with van der Waals surface area (Å²) in [6.07, 6.45) is 26.7. The molecule has 538 valence electrons. The van der Waals surface area contributed by atoms with Crippen molar-refractivity contribution in [3.05, 3.63) is 86.0 Å². The fourth-order valence-electron chi connectivity index (χ4n) is 13.2. The van der Waals surface area contributed by atoms with E-state index in [0.29, 0.717) is 119 Å². The van der Waals surface area contributed by atoms with Crippen LogP contribution >= 0.6 is 23.5 Å². The van der Waals surface area contributed by atoms with Gasteiger partial charge < -0.3 is 48.0 Å². The maximum absolute atomic E-state index is 14.7. The fourth-order valence-corrected chi connectivity index (χ4v) is 18.2. The number of carbonyl (C=O) groups excluding carboxylic acids is 4. The van der Waals surface area contributed by atoms with Crippen molar-refractivity contribution in [2.45, 2.75) is 183 Å². The summed E-state index contributed by atoms with van der Waals surface area (Å²) in [6, 6.07) is 17.0. The number of fused-ring (bicyclic) bond motifs is 4. The second-order valence-electron chi connectivity index (χ2n) is 26.2. The summed E-state index contributed by atoms with van der Waals surface area (Å²) in [5.74, 6) is -2.00. The van der Waals surface area contributed by atoms with Gasteiger partial charge in [-0.1, -0.05) is 99.2 Å². The van der Waals surface area contributed by atoms with Crippen LogP contribution < -0.4 is 28.7 Å². The Morgan fingerprint density at radius 2 is 0.867 bits per heavy atom. The Hall–Kier alpha value is -6.12. The van der Waals surface area contributed by atoms with Crippen LogP contribution in [-0.4, -0.2) is 167 Å². The number of methoxy groups -OCH3 is 2. The van der Waals surface area contributed by atoms with E-state index in [9.17, 15) is 36.0 Å². The van der Waals surface area contributed by atoms with Gasteiger partial charge in [0.25, 0.3) is 0 Å². The molecular formula is C74H104N6O14S4. The predicted octanol–water partition coefficient (Wildman–Crippen LogP) is 14.6. The van der Waals surface area contributed by atoms with E-state index in [2.05, 4.69) is 23.0 Å². The molecule has 4 aliphatic heterocycles. The number of benzene rings is 4. The molecule has 20 nitrogen and oxygen atoms in total. The fraction of sp³-hybridized carbons (Fsp3) is 0.568. The lowest BCUT2D eigenvalue weighted by Gasteiger charge is -2.37. The molecule has 0 spiro atoms. The Morgan fingerprint density at radius 3 is 1.22 bits per heavy atom.